The van der Waals surface area contributed by atoms with Gasteiger partial charge in [-0.15, -0.1) is 11.3 Å². The van der Waals surface area contributed by atoms with Crippen molar-refractivity contribution in [2.75, 3.05) is 19.6 Å². The van der Waals surface area contributed by atoms with Gasteiger partial charge in [0.25, 0.3) is 0 Å². The van der Waals surface area contributed by atoms with E-state index in [4.69, 9.17) is 17.3 Å². The normalized spacial score (nSPS) is 22.7. The molecule has 102 valence electrons. The summed E-state index contributed by atoms with van der Waals surface area (Å²) in [6.07, 6.45) is 3.83. The predicted molar refractivity (Wildman–Crippen MR) is 80.3 cm³/mol. The third-order valence-electron chi connectivity index (χ3n) is 3.95. The van der Waals surface area contributed by atoms with E-state index in [-0.39, 0.29) is 0 Å². The average molecular weight is 287 g/mol. The number of nitrogens with two attached hydrogens (primary N) is 1. The van der Waals surface area contributed by atoms with Crippen LogP contribution in [-0.4, -0.2) is 24.5 Å². The van der Waals surface area contributed by atoms with Gasteiger partial charge in [-0.05, 0) is 43.8 Å². The minimum absolute atomic E-state index is 0.344. The Hall–Kier alpha value is -0.0900. The zero-order valence-electron chi connectivity index (χ0n) is 11.3. The van der Waals surface area contributed by atoms with Crippen LogP contribution in [0.25, 0.3) is 0 Å². The molecule has 1 saturated heterocycles. The summed E-state index contributed by atoms with van der Waals surface area (Å²) in [7, 11) is 0. The molecule has 1 aromatic heterocycles. The Morgan fingerprint density at radius 2 is 2.22 bits per heavy atom. The topological polar surface area (TPSA) is 29.3 Å². The van der Waals surface area contributed by atoms with Crippen LogP contribution in [-0.2, 0) is 0 Å². The molecule has 1 aliphatic rings. The summed E-state index contributed by atoms with van der Waals surface area (Å²) in [5, 5.41) is 2.84. The highest BCUT2D eigenvalue weighted by molar-refractivity contribution is 7.10. The summed E-state index contributed by atoms with van der Waals surface area (Å²) in [5.41, 5.74) is 6.46. The van der Waals surface area contributed by atoms with Gasteiger partial charge in [-0.1, -0.05) is 25.4 Å². The molecule has 0 amide bonds. The maximum atomic E-state index is 6.03. The van der Waals surface area contributed by atoms with Crippen LogP contribution in [0.3, 0.4) is 0 Å². The molecule has 1 aromatic rings. The molecule has 4 heteroatoms. The molecular weight excluding hydrogens is 264 g/mol. The lowest BCUT2D eigenvalue weighted by molar-refractivity contribution is 0.202. The molecule has 1 atom stereocenters. The molecule has 0 aromatic carbocycles. The quantitative estimate of drug-likeness (QED) is 0.913. The number of thiophene rings is 1. The number of likely N-dealkylation sites (tertiary alicyclic amines) is 1. The fourth-order valence-corrected chi connectivity index (χ4v) is 3.93. The fourth-order valence-electron chi connectivity index (χ4n) is 2.70. The predicted octanol–water partition coefficient (Wildman–Crippen LogP) is 3.91. The van der Waals surface area contributed by atoms with Crippen molar-refractivity contribution in [3.05, 3.63) is 21.3 Å². The highest BCUT2D eigenvalue weighted by atomic mass is 35.5. The van der Waals surface area contributed by atoms with Crippen molar-refractivity contribution in [3.63, 3.8) is 0 Å². The van der Waals surface area contributed by atoms with Gasteiger partial charge in [0.2, 0.25) is 0 Å². The van der Waals surface area contributed by atoms with Crippen molar-refractivity contribution in [2.24, 2.45) is 11.1 Å². The molecule has 2 rings (SSSR count). The van der Waals surface area contributed by atoms with Crippen LogP contribution in [0.15, 0.2) is 11.4 Å². The van der Waals surface area contributed by atoms with E-state index in [2.05, 4.69) is 24.8 Å². The first-order chi connectivity index (χ1) is 8.52. The SMILES string of the molecule is CC1(C)CCCN(C(CN)c2cc(Cl)cs2)CC1. The van der Waals surface area contributed by atoms with Gasteiger partial charge in [-0.2, -0.15) is 0 Å². The molecule has 0 bridgehead atoms. The molecular formula is C14H23ClN2S. The highest BCUT2D eigenvalue weighted by Crippen LogP contribution is 2.34. The van der Waals surface area contributed by atoms with Crippen LogP contribution in [0, 0.1) is 5.41 Å². The first-order valence-corrected chi connectivity index (χ1v) is 7.96. The van der Waals surface area contributed by atoms with Crippen molar-refractivity contribution in [1.82, 2.24) is 4.90 Å². The Labute approximate surface area is 119 Å². The van der Waals surface area contributed by atoms with Crippen molar-refractivity contribution in [2.45, 2.75) is 39.2 Å². The third-order valence-corrected chi connectivity index (χ3v) is 5.34. The molecule has 2 nitrogen and oxygen atoms in total. The van der Waals surface area contributed by atoms with Crippen LogP contribution in [0.4, 0.5) is 0 Å². The van der Waals surface area contributed by atoms with E-state index in [1.54, 1.807) is 11.3 Å². The Morgan fingerprint density at radius 3 is 2.83 bits per heavy atom. The summed E-state index contributed by atoms with van der Waals surface area (Å²) in [5.74, 6) is 0. The summed E-state index contributed by atoms with van der Waals surface area (Å²) in [4.78, 5) is 3.85. The van der Waals surface area contributed by atoms with Gasteiger partial charge in [0.1, 0.15) is 0 Å². The molecule has 2 heterocycles. The second-order valence-electron chi connectivity index (χ2n) is 5.97. The second-order valence-corrected chi connectivity index (χ2v) is 7.35. The smallest absolute Gasteiger partial charge is 0.0564 e. The van der Waals surface area contributed by atoms with Gasteiger partial charge >= 0.3 is 0 Å². The average Bonchev–Trinajstić information content (AvgIpc) is 2.64. The maximum Gasteiger partial charge on any atom is 0.0564 e. The lowest BCUT2D eigenvalue weighted by Gasteiger charge is -2.29. The summed E-state index contributed by atoms with van der Waals surface area (Å²) >= 11 is 7.76. The van der Waals surface area contributed by atoms with Crippen molar-refractivity contribution in [1.29, 1.82) is 0 Å². The molecule has 2 N–H and O–H groups in total. The van der Waals surface area contributed by atoms with Crippen LogP contribution in [0.2, 0.25) is 5.02 Å². The summed E-state index contributed by atoms with van der Waals surface area (Å²) < 4.78 is 0. The summed E-state index contributed by atoms with van der Waals surface area (Å²) in [6.45, 7) is 7.72. The van der Waals surface area contributed by atoms with Gasteiger partial charge in [-0.3, -0.25) is 4.90 Å². The van der Waals surface area contributed by atoms with E-state index >= 15 is 0 Å². The molecule has 1 fully saturated rings. The van der Waals surface area contributed by atoms with Gasteiger partial charge in [0.15, 0.2) is 0 Å². The fraction of sp³-hybridized carbons (Fsp3) is 0.714. The minimum atomic E-state index is 0.344. The third kappa shape index (κ3) is 3.47. The lowest BCUT2D eigenvalue weighted by Crippen LogP contribution is -2.34. The van der Waals surface area contributed by atoms with E-state index in [1.807, 2.05) is 5.38 Å². The van der Waals surface area contributed by atoms with E-state index in [0.29, 0.717) is 18.0 Å². The molecule has 0 aliphatic carbocycles. The van der Waals surface area contributed by atoms with Crippen LogP contribution >= 0.6 is 22.9 Å². The highest BCUT2D eigenvalue weighted by Gasteiger charge is 2.27. The van der Waals surface area contributed by atoms with Crippen molar-refractivity contribution < 1.29 is 0 Å². The van der Waals surface area contributed by atoms with E-state index in [0.717, 1.165) is 18.1 Å². The number of hydrogen-bond acceptors (Lipinski definition) is 3. The first-order valence-electron chi connectivity index (χ1n) is 6.70. The standard InChI is InChI=1S/C14H23ClN2S/c1-14(2)4-3-6-17(7-5-14)12(9-16)13-8-11(15)10-18-13/h8,10,12H,3-7,9,16H2,1-2H3. The van der Waals surface area contributed by atoms with Crippen molar-refractivity contribution >= 4 is 22.9 Å². The molecule has 0 spiro atoms. The van der Waals surface area contributed by atoms with Gasteiger partial charge in [0, 0.05) is 16.8 Å². The second kappa shape index (κ2) is 5.91. The Balaban J connectivity index is 2.08. The van der Waals surface area contributed by atoms with Crippen LogP contribution < -0.4 is 5.73 Å². The summed E-state index contributed by atoms with van der Waals surface area (Å²) in [6, 6.07) is 2.41. The first kappa shape index (κ1) is 14.3. The molecule has 18 heavy (non-hydrogen) atoms. The number of hydrogen-bond donors (Lipinski definition) is 1. The maximum absolute atomic E-state index is 6.03. The minimum Gasteiger partial charge on any atom is -0.329 e. The lowest BCUT2D eigenvalue weighted by atomic mass is 9.85. The van der Waals surface area contributed by atoms with Gasteiger partial charge in [0.05, 0.1) is 11.1 Å². The number of halogens is 1. The van der Waals surface area contributed by atoms with Crippen molar-refractivity contribution in [3.8, 4) is 0 Å². The molecule has 0 radical (unpaired) electrons. The Kier molecular flexibility index (Phi) is 4.70. The largest absolute Gasteiger partial charge is 0.329 e. The van der Waals surface area contributed by atoms with E-state index in [9.17, 15) is 0 Å². The van der Waals surface area contributed by atoms with Crippen LogP contribution in [0.5, 0.6) is 0 Å². The zero-order valence-corrected chi connectivity index (χ0v) is 12.9. The molecule has 1 unspecified atom stereocenters. The Morgan fingerprint density at radius 1 is 1.44 bits per heavy atom. The molecule has 0 saturated carbocycles. The van der Waals surface area contributed by atoms with Crippen LogP contribution in [0.1, 0.15) is 44.0 Å². The van der Waals surface area contributed by atoms with Gasteiger partial charge in [-0.25, -0.2) is 0 Å². The number of nitrogens with zero attached hydrogens (tertiary/aromatic N) is 1. The van der Waals surface area contributed by atoms with E-state index in [1.165, 1.54) is 24.1 Å². The monoisotopic (exact) mass is 286 g/mol. The Bertz CT molecular complexity index is 389. The molecule has 1 aliphatic heterocycles. The zero-order chi connectivity index (χ0) is 13.2. The number of rotatable bonds is 3. The van der Waals surface area contributed by atoms with Gasteiger partial charge < -0.3 is 5.73 Å². The van der Waals surface area contributed by atoms with E-state index < -0.39 is 0 Å².